The Morgan fingerprint density at radius 2 is 2.15 bits per heavy atom. The van der Waals surface area contributed by atoms with Crippen molar-refractivity contribution in [3.8, 4) is 0 Å². The standard InChI is InChI=1S/C16H22ClN3/c1-4-18-16(8-6-14-9-10-19-20(14)3)13-5-7-15(17)12(2)11-13/h5,7,9-11,16,18H,4,6,8H2,1-3H3. The van der Waals surface area contributed by atoms with E-state index in [1.54, 1.807) is 0 Å². The molecular formula is C16H22ClN3. The number of nitrogens with zero attached hydrogens (tertiary/aromatic N) is 2. The van der Waals surface area contributed by atoms with Crippen molar-refractivity contribution in [1.29, 1.82) is 0 Å². The molecule has 0 saturated carbocycles. The fourth-order valence-electron chi connectivity index (χ4n) is 2.46. The van der Waals surface area contributed by atoms with Gasteiger partial charge in [0, 0.05) is 30.0 Å². The largest absolute Gasteiger partial charge is 0.310 e. The molecule has 2 aromatic rings. The van der Waals surface area contributed by atoms with Crippen LogP contribution < -0.4 is 5.32 Å². The smallest absolute Gasteiger partial charge is 0.0492 e. The number of aryl methyl sites for hydroxylation is 3. The van der Waals surface area contributed by atoms with E-state index in [1.165, 1.54) is 11.3 Å². The Morgan fingerprint density at radius 3 is 2.75 bits per heavy atom. The minimum absolute atomic E-state index is 0.353. The lowest BCUT2D eigenvalue weighted by molar-refractivity contribution is 0.506. The van der Waals surface area contributed by atoms with E-state index in [1.807, 2.05) is 24.0 Å². The van der Waals surface area contributed by atoms with Crippen LogP contribution in [0.4, 0.5) is 0 Å². The molecule has 0 bridgehead atoms. The van der Waals surface area contributed by atoms with Crippen LogP contribution in [0.2, 0.25) is 5.02 Å². The van der Waals surface area contributed by atoms with Crippen molar-refractivity contribution in [2.45, 2.75) is 32.7 Å². The zero-order valence-electron chi connectivity index (χ0n) is 12.4. The van der Waals surface area contributed by atoms with Crippen LogP contribution in [0, 0.1) is 6.92 Å². The monoisotopic (exact) mass is 291 g/mol. The molecule has 0 amide bonds. The van der Waals surface area contributed by atoms with Gasteiger partial charge in [0.1, 0.15) is 0 Å². The number of hydrogen-bond donors (Lipinski definition) is 1. The summed E-state index contributed by atoms with van der Waals surface area (Å²) in [5, 5.41) is 8.60. The SMILES string of the molecule is CCNC(CCc1ccnn1C)c1ccc(Cl)c(C)c1. The van der Waals surface area contributed by atoms with Crippen LogP contribution in [0.1, 0.15) is 36.2 Å². The first-order valence-corrected chi connectivity index (χ1v) is 7.46. The van der Waals surface area contributed by atoms with Crippen LogP contribution >= 0.6 is 11.6 Å². The summed E-state index contributed by atoms with van der Waals surface area (Å²) < 4.78 is 1.94. The maximum absolute atomic E-state index is 6.11. The van der Waals surface area contributed by atoms with E-state index in [0.717, 1.165) is 30.0 Å². The number of aromatic nitrogens is 2. The van der Waals surface area contributed by atoms with Crippen LogP contribution in [0.3, 0.4) is 0 Å². The maximum atomic E-state index is 6.11. The summed E-state index contributed by atoms with van der Waals surface area (Å²) in [4.78, 5) is 0. The summed E-state index contributed by atoms with van der Waals surface area (Å²) in [7, 11) is 1.99. The van der Waals surface area contributed by atoms with Gasteiger partial charge in [-0.15, -0.1) is 0 Å². The van der Waals surface area contributed by atoms with Gasteiger partial charge in [-0.2, -0.15) is 5.10 Å². The molecule has 1 heterocycles. The summed E-state index contributed by atoms with van der Waals surface area (Å²) in [6.07, 6.45) is 3.91. The Hall–Kier alpha value is -1.32. The maximum Gasteiger partial charge on any atom is 0.0492 e. The Bertz CT molecular complexity index is 563. The molecule has 2 rings (SSSR count). The van der Waals surface area contributed by atoms with E-state index in [-0.39, 0.29) is 0 Å². The van der Waals surface area contributed by atoms with Crippen LogP contribution in [-0.2, 0) is 13.5 Å². The topological polar surface area (TPSA) is 29.9 Å². The molecule has 0 spiro atoms. The van der Waals surface area contributed by atoms with E-state index in [9.17, 15) is 0 Å². The second kappa shape index (κ2) is 6.91. The number of benzene rings is 1. The van der Waals surface area contributed by atoms with Crippen molar-refractivity contribution in [1.82, 2.24) is 15.1 Å². The lowest BCUT2D eigenvalue weighted by atomic mass is 9.99. The van der Waals surface area contributed by atoms with Gasteiger partial charge in [-0.05, 0) is 49.6 Å². The first-order chi connectivity index (χ1) is 9.61. The molecule has 0 saturated heterocycles. The van der Waals surface area contributed by atoms with Gasteiger partial charge in [0.25, 0.3) is 0 Å². The number of rotatable bonds is 6. The van der Waals surface area contributed by atoms with Gasteiger partial charge in [0.15, 0.2) is 0 Å². The van der Waals surface area contributed by atoms with Crippen molar-refractivity contribution in [3.63, 3.8) is 0 Å². The minimum Gasteiger partial charge on any atom is -0.310 e. The summed E-state index contributed by atoms with van der Waals surface area (Å²) in [5.74, 6) is 0. The highest BCUT2D eigenvalue weighted by Crippen LogP contribution is 2.24. The molecule has 0 fully saturated rings. The van der Waals surface area contributed by atoms with Gasteiger partial charge in [0.2, 0.25) is 0 Å². The molecule has 4 heteroatoms. The average molecular weight is 292 g/mol. The van der Waals surface area contributed by atoms with E-state index in [4.69, 9.17) is 11.6 Å². The second-order valence-corrected chi connectivity index (χ2v) is 5.51. The van der Waals surface area contributed by atoms with Crippen molar-refractivity contribution < 1.29 is 0 Å². The molecule has 20 heavy (non-hydrogen) atoms. The van der Waals surface area contributed by atoms with Crippen molar-refractivity contribution in [2.75, 3.05) is 6.54 Å². The Balaban J connectivity index is 2.10. The van der Waals surface area contributed by atoms with Gasteiger partial charge in [-0.3, -0.25) is 4.68 Å². The lowest BCUT2D eigenvalue weighted by Gasteiger charge is -2.19. The summed E-state index contributed by atoms with van der Waals surface area (Å²) in [5.41, 5.74) is 3.70. The van der Waals surface area contributed by atoms with Crippen LogP contribution in [0.15, 0.2) is 30.5 Å². The molecule has 3 nitrogen and oxygen atoms in total. The molecule has 1 aromatic heterocycles. The Kier molecular flexibility index (Phi) is 5.21. The normalized spacial score (nSPS) is 12.6. The van der Waals surface area contributed by atoms with E-state index < -0.39 is 0 Å². The highest BCUT2D eigenvalue weighted by atomic mass is 35.5. The molecular weight excluding hydrogens is 270 g/mol. The van der Waals surface area contributed by atoms with Gasteiger partial charge in [-0.25, -0.2) is 0 Å². The van der Waals surface area contributed by atoms with Crippen molar-refractivity contribution >= 4 is 11.6 Å². The molecule has 1 atom stereocenters. The molecule has 0 aliphatic heterocycles. The van der Waals surface area contributed by atoms with Crippen LogP contribution in [-0.4, -0.2) is 16.3 Å². The van der Waals surface area contributed by atoms with E-state index >= 15 is 0 Å². The number of nitrogens with one attached hydrogen (secondary N) is 1. The zero-order valence-corrected chi connectivity index (χ0v) is 13.1. The minimum atomic E-state index is 0.353. The first-order valence-electron chi connectivity index (χ1n) is 7.08. The predicted octanol–water partition coefficient (Wildman–Crippen LogP) is 3.67. The molecule has 1 aromatic carbocycles. The summed E-state index contributed by atoms with van der Waals surface area (Å²) in [6, 6.07) is 8.72. The number of hydrogen-bond acceptors (Lipinski definition) is 2. The Labute approximate surface area is 126 Å². The van der Waals surface area contributed by atoms with E-state index in [0.29, 0.717) is 6.04 Å². The summed E-state index contributed by atoms with van der Waals surface area (Å²) >= 11 is 6.11. The van der Waals surface area contributed by atoms with Gasteiger partial charge >= 0.3 is 0 Å². The van der Waals surface area contributed by atoms with E-state index in [2.05, 4.69) is 42.5 Å². The fourth-order valence-corrected chi connectivity index (χ4v) is 2.57. The Morgan fingerprint density at radius 1 is 1.35 bits per heavy atom. The fraction of sp³-hybridized carbons (Fsp3) is 0.438. The third-order valence-electron chi connectivity index (χ3n) is 3.65. The third kappa shape index (κ3) is 3.62. The second-order valence-electron chi connectivity index (χ2n) is 5.10. The molecule has 0 aliphatic carbocycles. The summed E-state index contributed by atoms with van der Waals surface area (Å²) in [6.45, 7) is 5.15. The van der Waals surface area contributed by atoms with Crippen molar-refractivity contribution in [3.05, 3.63) is 52.3 Å². The molecule has 1 N–H and O–H groups in total. The van der Waals surface area contributed by atoms with Gasteiger partial charge < -0.3 is 5.32 Å². The van der Waals surface area contributed by atoms with Crippen LogP contribution in [0.25, 0.3) is 0 Å². The van der Waals surface area contributed by atoms with Gasteiger partial charge in [0.05, 0.1) is 0 Å². The first kappa shape index (κ1) is 15.1. The average Bonchev–Trinajstić information content (AvgIpc) is 2.83. The molecule has 0 radical (unpaired) electrons. The third-order valence-corrected chi connectivity index (χ3v) is 4.07. The lowest BCUT2D eigenvalue weighted by Crippen LogP contribution is -2.22. The quantitative estimate of drug-likeness (QED) is 0.880. The van der Waals surface area contributed by atoms with Crippen LogP contribution in [0.5, 0.6) is 0 Å². The highest BCUT2D eigenvalue weighted by molar-refractivity contribution is 6.31. The molecule has 1 unspecified atom stereocenters. The van der Waals surface area contributed by atoms with Crippen molar-refractivity contribution in [2.24, 2.45) is 7.05 Å². The number of halogens is 1. The van der Waals surface area contributed by atoms with Gasteiger partial charge in [-0.1, -0.05) is 30.7 Å². The zero-order chi connectivity index (χ0) is 14.5. The molecule has 0 aliphatic rings. The predicted molar refractivity (Wildman–Crippen MR) is 84.1 cm³/mol. The highest BCUT2D eigenvalue weighted by Gasteiger charge is 2.12. The molecule has 108 valence electrons.